The molecule has 6 heteroatoms. The van der Waals surface area contributed by atoms with Crippen molar-refractivity contribution >= 4 is 29.1 Å². The molecule has 4 rings (SSSR count). The van der Waals surface area contributed by atoms with E-state index in [9.17, 15) is 9.59 Å². The van der Waals surface area contributed by atoms with Crippen molar-refractivity contribution in [3.63, 3.8) is 0 Å². The van der Waals surface area contributed by atoms with E-state index in [1.807, 2.05) is 40.1 Å². The molecule has 1 atom stereocenters. The molecule has 29 heavy (non-hydrogen) atoms. The van der Waals surface area contributed by atoms with Gasteiger partial charge in [0.05, 0.1) is 12.0 Å². The van der Waals surface area contributed by atoms with E-state index in [2.05, 4.69) is 17.4 Å². The van der Waals surface area contributed by atoms with Crippen LogP contribution in [0.3, 0.4) is 0 Å². The number of nitrogens with one attached hydrogen (secondary N) is 1. The largest absolute Gasteiger partial charge is 0.376 e. The van der Waals surface area contributed by atoms with Crippen LogP contribution in [0.4, 0.5) is 5.69 Å². The molecule has 0 saturated carbocycles. The molecule has 2 amide bonds. The van der Waals surface area contributed by atoms with Crippen molar-refractivity contribution in [1.82, 2.24) is 9.80 Å². The number of hydrogen-bond donors (Lipinski definition) is 1. The Labute approximate surface area is 176 Å². The van der Waals surface area contributed by atoms with Crippen LogP contribution in [-0.2, 0) is 16.0 Å². The molecule has 2 aliphatic rings. The third-order valence-corrected chi connectivity index (χ3v) is 6.36. The molecule has 2 saturated heterocycles. The van der Waals surface area contributed by atoms with E-state index in [0.29, 0.717) is 18.1 Å². The molecule has 0 bridgehead atoms. The summed E-state index contributed by atoms with van der Waals surface area (Å²) in [6.45, 7) is 2.95. The Morgan fingerprint density at radius 2 is 1.76 bits per heavy atom. The van der Waals surface area contributed by atoms with Gasteiger partial charge in [-0.3, -0.25) is 9.59 Å². The first-order chi connectivity index (χ1) is 14.1. The van der Waals surface area contributed by atoms with E-state index < -0.39 is 0 Å². The fourth-order valence-electron chi connectivity index (χ4n) is 4.34. The second kappa shape index (κ2) is 8.46. The molecule has 0 radical (unpaired) electrons. The molecule has 5 nitrogen and oxygen atoms in total. The second-order valence-electron chi connectivity index (χ2n) is 7.98. The van der Waals surface area contributed by atoms with E-state index in [4.69, 9.17) is 11.6 Å². The Morgan fingerprint density at radius 1 is 1.03 bits per heavy atom. The summed E-state index contributed by atoms with van der Waals surface area (Å²) in [4.78, 5) is 29.5. The summed E-state index contributed by atoms with van der Waals surface area (Å²) in [5, 5.41) is 3.81. The molecule has 1 unspecified atom stereocenters. The minimum atomic E-state index is -0.382. The maximum atomic E-state index is 13.1. The van der Waals surface area contributed by atoms with Crippen LogP contribution < -0.4 is 5.32 Å². The van der Waals surface area contributed by atoms with Gasteiger partial charge in [0.25, 0.3) is 0 Å². The maximum absolute atomic E-state index is 13.1. The van der Waals surface area contributed by atoms with Gasteiger partial charge in [-0.25, -0.2) is 0 Å². The molecule has 2 aromatic rings. The van der Waals surface area contributed by atoms with E-state index >= 15 is 0 Å². The predicted molar refractivity (Wildman–Crippen MR) is 115 cm³/mol. The van der Waals surface area contributed by atoms with Gasteiger partial charge >= 0.3 is 0 Å². The first-order valence-corrected chi connectivity index (χ1v) is 10.5. The van der Waals surface area contributed by atoms with Gasteiger partial charge in [0.2, 0.25) is 11.8 Å². The Kier molecular flexibility index (Phi) is 5.76. The molecule has 0 aliphatic carbocycles. The van der Waals surface area contributed by atoms with Crippen molar-refractivity contribution in [2.75, 3.05) is 38.0 Å². The van der Waals surface area contributed by atoms with Gasteiger partial charge in [0.1, 0.15) is 0 Å². The van der Waals surface area contributed by atoms with Crippen molar-refractivity contribution in [3.05, 3.63) is 65.2 Å². The number of carbonyl (C=O) groups is 2. The Morgan fingerprint density at radius 3 is 2.52 bits per heavy atom. The minimum Gasteiger partial charge on any atom is -0.376 e. The van der Waals surface area contributed by atoms with Crippen LogP contribution in [0.15, 0.2) is 54.6 Å². The molecule has 1 spiro atoms. The van der Waals surface area contributed by atoms with Crippen LogP contribution in [0.1, 0.15) is 18.4 Å². The van der Waals surface area contributed by atoms with E-state index in [0.717, 1.165) is 38.0 Å². The number of carbonyl (C=O) groups excluding carboxylic acids is 2. The molecule has 2 heterocycles. The quantitative estimate of drug-likeness (QED) is 0.792. The average molecular weight is 412 g/mol. The lowest BCUT2D eigenvalue weighted by Crippen LogP contribution is -2.40. The van der Waals surface area contributed by atoms with Gasteiger partial charge in [0.15, 0.2) is 0 Å². The molecular formula is C23H26ClN3O2. The van der Waals surface area contributed by atoms with Crippen LogP contribution in [0.5, 0.6) is 0 Å². The minimum absolute atomic E-state index is 0.0346. The van der Waals surface area contributed by atoms with Crippen LogP contribution >= 0.6 is 11.6 Å². The summed E-state index contributed by atoms with van der Waals surface area (Å²) in [7, 11) is 0. The molecule has 0 aromatic heterocycles. The number of anilines is 1. The topological polar surface area (TPSA) is 52.7 Å². The monoisotopic (exact) mass is 411 g/mol. The zero-order chi connectivity index (χ0) is 20.3. The van der Waals surface area contributed by atoms with Crippen molar-refractivity contribution < 1.29 is 9.59 Å². The van der Waals surface area contributed by atoms with Crippen LogP contribution in [0.25, 0.3) is 0 Å². The molecule has 1 N–H and O–H groups in total. The third-order valence-electron chi connectivity index (χ3n) is 6.11. The molecular weight excluding hydrogens is 386 g/mol. The molecule has 2 aliphatic heterocycles. The Balaban J connectivity index is 1.29. The highest BCUT2D eigenvalue weighted by Gasteiger charge is 2.51. The summed E-state index contributed by atoms with van der Waals surface area (Å²) >= 11 is 5.89. The number of benzene rings is 2. The van der Waals surface area contributed by atoms with Gasteiger partial charge in [-0.15, -0.1) is 0 Å². The zero-order valence-electron chi connectivity index (χ0n) is 16.4. The summed E-state index contributed by atoms with van der Waals surface area (Å²) in [5.41, 5.74) is 1.73. The molecule has 2 aromatic carbocycles. The molecule has 2 fully saturated rings. The van der Waals surface area contributed by atoms with Crippen LogP contribution in [0.2, 0.25) is 5.02 Å². The van der Waals surface area contributed by atoms with E-state index in [-0.39, 0.29) is 23.8 Å². The number of hydrogen-bond acceptors (Lipinski definition) is 3. The summed E-state index contributed by atoms with van der Waals surface area (Å²) < 4.78 is 0. The SMILES string of the molecule is O=C(CNc1ccc(Cl)cc1)N1CCC2(CCN(CCc3ccccc3)C2=O)C1. The first kappa shape index (κ1) is 19.8. The highest BCUT2D eigenvalue weighted by molar-refractivity contribution is 6.30. The normalized spacial score (nSPS) is 21.2. The van der Waals surface area contributed by atoms with E-state index in [1.54, 1.807) is 12.1 Å². The first-order valence-electron chi connectivity index (χ1n) is 10.2. The van der Waals surface area contributed by atoms with Crippen molar-refractivity contribution in [2.45, 2.75) is 19.3 Å². The standard InChI is InChI=1S/C23H26ClN3O2/c24-19-6-8-20(9-7-19)25-16-21(28)27-15-12-23(17-27)11-14-26(22(23)29)13-10-18-4-2-1-3-5-18/h1-9,25H,10-17H2. The second-order valence-corrected chi connectivity index (χ2v) is 8.42. The van der Waals surface area contributed by atoms with Crippen LogP contribution in [0, 0.1) is 5.41 Å². The van der Waals surface area contributed by atoms with Gasteiger partial charge in [-0.05, 0) is 49.1 Å². The highest BCUT2D eigenvalue weighted by atomic mass is 35.5. The number of likely N-dealkylation sites (tertiary alicyclic amines) is 2. The lowest BCUT2D eigenvalue weighted by Gasteiger charge is -2.24. The zero-order valence-corrected chi connectivity index (χ0v) is 17.2. The lowest BCUT2D eigenvalue weighted by molar-refractivity contribution is -0.136. The third kappa shape index (κ3) is 4.40. The summed E-state index contributed by atoms with van der Waals surface area (Å²) in [5.74, 6) is 0.252. The van der Waals surface area contributed by atoms with Gasteiger partial charge in [-0.1, -0.05) is 41.9 Å². The van der Waals surface area contributed by atoms with Crippen LogP contribution in [-0.4, -0.2) is 54.3 Å². The number of nitrogens with zero attached hydrogens (tertiary/aromatic N) is 2. The smallest absolute Gasteiger partial charge is 0.241 e. The van der Waals surface area contributed by atoms with E-state index in [1.165, 1.54) is 5.56 Å². The number of amides is 2. The maximum Gasteiger partial charge on any atom is 0.241 e. The van der Waals surface area contributed by atoms with Crippen molar-refractivity contribution in [1.29, 1.82) is 0 Å². The summed E-state index contributed by atoms with van der Waals surface area (Å²) in [6, 6.07) is 17.5. The highest BCUT2D eigenvalue weighted by Crippen LogP contribution is 2.40. The number of rotatable bonds is 6. The predicted octanol–water partition coefficient (Wildman–Crippen LogP) is 3.45. The Hall–Kier alpha value is -2.53. The van der Waals surface area contributed by atoms with Crippen molar-refractivity contribution in [2.24, 2.45) is 5.41 Å². The molecule has 152 valence electrons. The Bertz CT molecular complexity index is 871. The average Bonchev–Trinajstić information content (AvgIpc) is 3.32. The van der Waals surface area contributed by atoms with Gasteiger partial charge in [-0.2, -0.15) is 0 Å². The lowest BCUT2D eigenvalue weighted by atomic mass is 9.85. The fourth-order valence-corrected chi connectivity index (χ4v) is 4.46. The summed E-state index contributed by atoms with van der Waals surface area (Å²) in [6.07, 6.45) is 2.48. The van der Waals surface area contributed by atoms with Gasteiger partial charge < -0.3 is 15.1 Å². The van der Waals surface area contributed by atoms with Crippen molar-refractivity contribution in [3.8, 4) is 0 Å². The number of halogens is 1. The fraction of sp³-hybridized carbons (Fsp3) is 0.391. The van der Waals surface area contributed by atoms with Gasteiger partial charge in [0, 0.05) is 36.9 Å².